The molecule has 0 amide bonds. The predicted molar refractivity (Wildman–Crippen MR) is 119 cm³/mol. The van der Waals surface area contributed by atoms with Crippen LogP contribution >= 0.6 is 0 Å². The lowest BCUT2D eigenvalue weighted by atomic mass is 9.99. The van der Waals surface area contributed by atoms with E-state index in [4.69, 9.17) is 9.47 Å². The molecule has 7 heteroatoms. The number of hydrogen-bond acceptors (Lipinski definition) is 5. The summed E-state index contributed by atoms with van der Waals surface area (Å²) < 4.78 is 39.3. The Balaban J connectivity index is 1.56. The van der Waals surface area contributed by atoms with Gasteiger partial charge in [0.25, 0.3) is 0 Å². The third kappa shape index (κ3) is 7.14. The summed E-state index contributed by atoms with van der Waals surface area (Å²) in [5.74, 6) is -0.00967. The molecular formula is C26H24F2O5. The molecule has 0 aliphatic heterocycles. The van der Waals surface area contributed by atoms with Crippen molar-refractivity contribution in [2.45, 2.75) is 33.3 Å². The summed E-state index contributed by atoms with van der Waals surface area (Å²) in [7, 11) is 0. The van der Waals surface area contributed by atoms with Crippen LogP contribution in [0.25, 0.3) is 0 Å². The minimum Gasteiger partial charge on any atom is -0.435 e. The van der Waals surface area contributed by atoms with Gasteiger partial charge in [-0.05, 0) is 78.6 Å². The van der Waals surface area contributed by atoms with Crippen molar-refractivity contribution in [3.05, 3.63) is 89.5 Å². The molecule has 33 heavy (non-hydrogen) atoms. The van der Waals surface area contributed by atoms with Crippen molar-refractivity contribution in [3.63, 3.8) is 0 Å². The average Bonchev–Trinajstić information content (AvgIpc) is 2.80. The molecule has 0 saturated carbocycles. The minimum atomic E-state index is -2.94. The van der Waals surface area contributed by atoms with Crippen LogP contribution in [-0.2, 0) is 6.42 Å². The highest BCUT2D eigenvalue weighted by molar-refractivity contribution is 5.92. The second-order valence-corrected chi connectivity index (χ2v) is 7.57. The number of carbonyl (C=O) groups excluding carboxylic acids is 2. The summed E-state index contributed by atoms with van der Waals surface area (Å²) in [6.45, 7) is 1.40. The van der Waals surface area contributed by atoms with Gasteiger partial charge in [0.2, 0.25) is 0 Å². The number of halogens is 2. The number of rotatable bonds is 9. The molecule has 0 heterocycles. The van der Waals surface area contributed by atoms with E-state index >= 15 is 0 Å². The first-order chi connectivity index (χ1) is 15.8. The van der Waals surface area contributed by atoms with Crippen LogP contribution in [0.5, 0.6) is 17.2 Å². The van der Waals surface area contributed by atoms with Crippen molar-refractivity contribution in [1.82, 2.24) is 0 Å². The van der Waals surface area contributed by atoms with Gasteiger partial charge in [-0.1, -0.05) is 32.4 Å². The molecule has 0 unspecified atom stereocenters. The Labute approximate surface area is 190 Å². The van der Waals surface area contributed by atoms with Crippen LogP contribution in [-0.4, -0.2) is 18.6 Å². The molecule has 3 aromatic rings. The molecule has 0 bridgehead atoms. The van der Waals surface area contributed by atoms with Crippen molar-refractivity contribution in [3.8, 4) is 17.2 Å². The van der Waals surface area contributed by atoms with Gasteiger partial charge in [0.15, 0.2) is 0 Å². The van der Waals surface area contributed by atoms with E-state index in [9.17, 15) is 18.4 Å². The summed E-state index contributed by atoms with van der Waals surface area (Å²) in [6.07, 6.45) is 2.07. The highest BCUT2D eigenvalue weighted by atomic mass is 19.3. The molecule has 172 valence electrons. The van der Waals surface area contributed by atoms with Gasteiger partial charge in [-0.2, -0.15) is 8.78 Å². The van der Waals surface area contributed by atoms with E-state index in [-0.39, 0.29) is 17.1 Å². The van der Waals surface area contributed by atoms with Gasteiger partial charge in [-0.15, -0.1) is 0 Å². The minimum absolute atomic E-state index is 0.0606. The van der Waals surface area contributed by atoms with E-state index in [1.807, 2.05) is 12.1 Å². The molecule has 3 rings (SSSR count). The van der Waals surface area contributed by atoms with Crippen LogP contribution < -0.4 is 14.2 Å². The van der Waals surface area contributed by atoms with Crippen molar-refractivity contribution >= 4 is 11.9 Å². The molecule has 0 aliphatic carbocycles. The first kappa shape index (κ1) is 23.9. The Bertz CT molecular complexity index is 1060. The summed E-state index contributed by atoms with van der Waals surface area (Å²) in [4.78, 5) is 24.6. The molecule has 5 nitrogen and oxygen atoms in total. The fourth-order valence-corrected chi connectivity index (χ4v) is 3.00. The zero-order valence-electron chi connectivity index (χ0n) is 18.3. The quantitative estimate of drug-likeness (QED) is 0.280. The average molecular weight is 454 g/mol. The van der Waals surface area contributed by atoms with Crippen LogP contribution in [0.2, 0.25) is 0 Å². The maximum Gasteiger partial charge on any atom is 0.387 e. The van der Waals surface area contributed by atoms with E-state index in [0.717, 1.165) is 12.8 Å². The fraction of sp³-hybridized carbons (Fsp3) is 0.231. The third-order valence-corrected chi connectivity index (χ3v) is 5.03. The van der Waals surface area contributed by atoms with Gasteiger partial charge in [-0.3, -0.25) is 0 Å². The van der Waals surface area contributed by atoms with E-state index in [0.29, 0.717) is 17.2 Å². The topological polar surface area (TPSA) is 61.8 Å². The normalized spacial score (nSPS) is 11.7. The monoisotopic (exact) mass is 454 g/mol. The summed E-state index contributed by atoms with van der Waals surface area (Å²) in [6, 6.07) is 18.5. The van der Waals surface area contributed by atoms with Gasteiger partial charge in [-0.25, -0.2) is 9.59 Å². The zero-order valence-corrected chi connectivity index (χ0v) is 18.3. The van der Waals surface area contributed by atoms with Gasteiger partial charge in [0.05, 0.1) is 11.1 Å². The van der Waals surface area contributed by atoms with Crippen LogP contribution in [0, 0.1) is 5.92 Å². The highest BCUT2D eigenvalue weighted by Crippen LogP contribution is 2.20. The summed E-state index contributed by atoms with van der Waals surface area (Å²) in [5.41, 5.74) is 1.65. The molecule has 0 aliphatic rings. The number of esters is 2. The second-order valence-electron chi connectivity index (χ2n) is 7.57. The lowest BCUT2D eigenvalue weighted by Gasteiger charge is -2.10. The predicted octanol–water partition coefficient (Wildman–Crippen LogP) is 6.32. The summed E-state index contributed by atoms with van der Waals surface area (Å²) in [5, 5.41) is 0. The van der Waals surface area contributed by atoms with E-state index in [1.165, 1.54) is 54.1 Å². The number of hydrogen-bond donors (Lipinski definition) is 0. The SMILES string of the molecule is CC[C@H](C)Cc1ccc(OC(=O)c2ccc(OC(=O)c3ccc(OC(F)F)cc3)cc2)cc1. The maximum atomic E-state index is 12.4. The fourth-order valence-electron chi connectivity index (χ4n) is 3.00. The molecule has 0 spiro atoms. The lowest BCUT2D eigenvalue weighted by Crippen LogP contribution is -2.10. The number of ether oxygens (including phenoxy) is 3. The lowest BCUT2D eigenvalue weighted by molar-refractivity contribution is -0.0498. The highest BCUT2D eigenvalue weighted by Gasteiger charge is 2.13. The number of benzene rings is 3. The van der Waals surface area contributed by atoms with Crippen molar-refractivity contribution in [2.24, 2.45) is 5.92 Å². The molecule has 3 aromatic carbocycles. The molecule has 1 atom stereocenters. The zero-order chi connectivity index (χ0) is 23.8. The van der Waals surface area contributed by atoms with Crippen LogP contribution in [0.15, 0.2) is 72.8 Å². The summed E-state index contributed by atoms with van der Waals surface area (Å²) >= 11 is 0. The van der Waals surface area contributed by atoms with Crippen molar-refractivity contribution in [2.75, 3.05) is 0 Å². The molecule has 0 N–H and O–H groups in total. The third-order valence-electron chi connectivity index (χ3n) is 5.03. The Morgan fingerprint density at radius 3 is 1.58 bits per heavy atom. The van der Waals surface area contributed by atoms with Gasteiger partial charge < -0.3 is 14.2 Å². The number of alkyl halides is 2. The van der Waals surface area contributed by atoms with Crippen LogP contribution in [0.1, 0.15) is 46.5 Å². The van der Waals surface area contributed by atoms with Crippen molar-refractivity contribution in [1.29, 1.82) is 0 Å². The Kier molecular flexibility index (Phi) is 8.13. The van der Waals surface area contributed by atoms with Gasteiger partial charge in [0.1, 0.15) is 17.2 Å². The standard InChI is InChI=1S/C26H24F2O5/c1-3-17(2)16-18-4-10-21(11-5-18)31-24(29)19-6-12-22(13-7-19)32-25(30)20-8-14-23(15-9-20)33-26(27)28/h4-15,17,26H,3,16H2,1-2H3/t17-/m0/s1. The molecule has 0 radical (unpaired) electrons. The number of carbonyl (C=O) groups is 2. The smallest absolute Gasteiger partial charge is 0.387 e. The van der Waals surface area contributed by atoms with E-state index < -0.39 is 18.6 Å². The maximum absolute atomic E-state index is 12.4. The Hall–Kier alpha value is -3.74. The molecule has 0 saturated heterocycles. The molecular weight excluding hydrogens is 430 g/mol. The first-order valence-electron chi connectivity index (χ1n) is 10.5. The second kappa shape index (κ2) is 11.2. The first-order valence-corrected chi connectivity index (χ1v) is 10.5. The van der Waals surface area contributed by atoms with E-state index in [1.54, 1.807) is 12.1 Å². The van der Waals surface area contributed by atoms with Gasteiger partial charge >= 0.3 is 18.6 Å². The van der Waals surface area contributed by atoms with Crippen molar-refractivity contribution < 1.29 is 32.6 Å². The molecule has 0 fully saturated rings. The van der Waals surface area contributed by atoms with E-state index in [2.05, 4.69) is 18.6 Å². The van der Waals surface area contributed by atoms with Gasteiger partial charge in [0, 0.05) is 0 Å². The Morgan fingerprint density at radius 2 is 1.15 bits per heavy atom. The largest absolute Gasteiger partial charge is 0.435 e. The van der Waals surface area contributed by atoms with Crippen LogP contribution in [0.3, 0.4) is 0 Å². The van der Waals surface area contributed by atoms with Crippen LogP contribution in [0.4, 0.5) is 8.78 Å². The molecule has 0 aromatic heterocycles. The Morgan fingerprint density at radius 1 is 0.727 bits per heavy atom.